The molecule has 21 heavy (non-hydrogen) atoms. The van der Waals surface area contributed by atoms with E-state index < -0.39 is 5.82 Å². The average Bonchev–Trinajstić information content (AvgIpc) is 2.50. The fraction of sp³-hybridized carbons (Fsp3) is 0.500. The summed E-state index contributed by atoms with van der Waals surface area (Å²) in [5.41, 5.74) is 0.560. The van der Waals surface area contributed by atoms with Gasteiger partial charge in [0.1, 0.15) is 11.9 Å². The summed E-state index contributed by atoms with van der Waals surface area (Å²) in [6, 6.07) is 6.69. The second kappa shape index (κ2) is 7.19. The van der Waals surface area contributed by atoms with Gasteiger partial charge in [-0.1, -0.05) is 12.1 Å². The maximum atomic E-state index is 14.1. The van der Waals surface area contributed by atoms with Crippen molar-refractivity contribution in [1.82, 2.24) is 4.90 Å². The molecule has 1 aliphatic heterocycles. The van der Waals surface area contributed by atoms with Crippen molar-refractivity contribution in [2.75, 3.05) is 19.7 Å². The normalized spacial score (nSPS) is 19.0. The molecule has 0 aliphatic carbocycles. The Kier molecular flexibility index (Phi) is 5.29. The number of hydrogen-bond acceptors (Lipinski definition) is 4. The zero-order valence-corrected chi connectivity index (χ0v) is 12.1. The molecule has 1 unspecified atom stereocenters. The Balaban J connectivity index is 2.03. The van der Waals surface area contributed by atoms with E-state index in [1.807, 2.05) is 11.0 Å². The summed E-state index contributed by atoms with van der Waals surface area (Å²) in [5, 5.41) is 8.86. The van der Waals surface area contributed by atoms with E-state index in [0.29, 0.717) is 25.3 Å². The van der Waals surface area contributed by atoms with Crippen LogP contribution in [0.25, 0.3) is 0 Å². The van der Waals surface area contributed by atoms with Gasteiger partial charge in [-0.25, -0.2) is 4.39 Å². The monoisotopic (exact) mass is 290 g/mol. The predicted octanol–water partition coefficient (Wildman–Crippen LogP) is 2.47. The molecular formula is C16H19FN2O2. The van der Waals surface area contributed by atoms with E-state index in [-0.39, 0.29) is 17.5 Å². The molecule has 0 spiro atoms. The van der Waals surface area contributed by atoms with Crippen molar-refractivity contribution in [2.45, 2.75) is 26.3 Å². The van der Waals surface area contributed by atoms with Gasteiger partial charge >= 0.3 is 5.97 Å². The van der Waals surface area contributed by atoms with Gasteiger partial charge in [-0.05, 0) is 32.4 Å². The Morgan fingerprint density at radius 3 is 3.10 bits per heavy atom. The topological polar surface area (TPSA) is 53.3 Å². The van der Waals surface area contributed by atoms with E-state index in [1.165, 1.54) is 6.07 Å². The van der Waals surface area contributed by atoms with Crippen LogP contribution in [0.3, 0.4) is 0 Å². The number of esters is 1. The lowest BCUT2D eigenvalue weighted by atomic mass is 9.97. The molecule has 1 heterocycles. The highest BCUT2D eigenvalue weighted by molar-refractivity contribution is 5.72. The number of ether oxygens (including phenoxy) is 1. The van der Waals surface area contributed by atoms with Gasteiger partial charge in [0.25, 0.3) is 0 Å². The Morgan fingerprint density at radius 2 is 2.38 bits per heavy atom. The number of carbonyl (C=O) groups is 1. The van der Waals surface area contributed by atoms with Crippen LogP contribution in [0.5, 0.6) is 0 Å². The summed E-state index contributed by atoms with van der Waals surface area (Å²) in [6.45, 7) is 3.99. The van der Waals surface area contributed by atoms with Crippen LogP contribution in [-0.4, -0.2) is 30.6 Å². The van der Waals surface area contributed by atoms with Gasteiger partial charge in [0.05, 0.1) is 18.1 Å². The average molecular weight is 290 g/mol. The summed E-state index contributed by atoms with van der Waals surface area (Å²) in [4.78, 5) is 13.8. The van der Waals surface area contributed by atoms with Crippen LogP contribution < -0.4 is 0 Å². The minimum atomic E-state index is -0.460. The molecule has 1 atom stereocenters. The number of hydrogen-bond donors (Lipinski definition) is 0. The fourth-order valence-electron chi connectivity index (χ4n) is 2.68. The molecule has 0 amide bonds. The Labute approximate surface area is 124 Å². The first kappa shape index (κ1) is 15.5. The minimum absolute atomic E-state index is 0.0615. The molecule has 1 fully saturated rings. The second-order valence-corrected chi connectivity index (χ2v) is 5.22. The lowest BCUT2D eigenvalue weighted by Gasteiger charge is -2.31. The second-order valence-electron chi connectivity index (χ2n) is 5.22. The van der Waals surface area contributed by atoms with Gasteiger partial charge in [-0.3, -0.25) is 9.69 Å². The summed E-state index contributed by atoms with van der Waals surface area (Å²) < 4.78 is 19.1. The number of carbonyl (C=O) groups excluding carboxylic acids is 1. The van der Waals surface area contributed by atoms with Crippen molar-refractivity contribution < 1.29 is 13.9 Å². The zero-order chi connectivity index (χ0) is 15.2. The molecule has 1 aliphatic rings. The lowest BCUT2D eigenvalue weighted by molar-refractivity contribution is -0.150. The summed E-state index contributed by atoms with van der Waals surface area (Å²) in [6.07, 6.45) is 1.71. The van der Waals surface area contributed by atoms with Crippen LogP contribution in [0.1, 0.15) is 30.9 Å². The lowest BCUT2D eigenvalue weighted by Crippen LogP contribution is -2.39. The van der Waals surface area contributed by atoms with Crippen molar-refractivity contribution in [2.24, 2.45) is 5.92 Å². The number of piperidine rings is 1. The first-order chi connectivity index (χ1) is 10.2. The predicted molar refractivity (Wildman–Crippen MR) is 75.7 cm³/mol. The molecule has 0 N–H and O–H groups in total. The molecule has 2 rings (SSSR count). The highest BCUT2D eigenvalue weighted by atomic mass is 19.1. The Hall–Kier alpha value is -1.93. The van der Waals surface area contributed by atoms with Gasteiger partial charge in [0, 0.05) is 18.7 Å². The highest BCUT2D eigenvalue weighted by Crippen LogP contribution is 2.21. The first-order valence-electron chi connectivity index (χ1n) is 7.22. The van der Waals surface area contributed by atoms with Crippen molar-refractivity contribution in [3.63, 3.8) is 0 Å². The standard InChI is InChI=1S/C16H19FN2O2/c1-2-21-16(20)14-7-4-8-19(11-14)10-13-6-3-5-12(9-18)15(13)17/h3,5-6,14H,2,4,7-8,10-11H2,1H3. The molecule has 112 valence electrons. The van der Waals surface area contributed by atoms with Crippen molar-refractivity contribution >= 4 is 5.97 Å². The molecule has 0 saturated carbocycles. The van der Waals surface area contributed by atoms with Crippen LogP contribution >= 0.6 is 0 Å². The number of rotatable bonds is 4. The first-order valence-corrected chi connectivity index (χ1v) is 7.22. The number of benzene rings is 1. The smallest absolute Gasteiger partial charge is 0.310 e. The summed E-state index contributed by atoms with van der Waals surface area (Å²) in [7, 11) is 0. The van der Waals surface area contributed by atoms with Crippen LogP contribution in [0, 0.1) is 23.1 Å². The van der Waals surface area contributed by atoms with Crippen LogP contribution in [-0.2, 0) is 16.1 Å². The molecule has 1 aromatic carbocycles. The maximum absolute atomic E-state index is 14.1. The van der Waals surface area contributed by atoms with E-state index in [4.69, 9.17) is 10.00 Å². The molecule has 0 bridgehead atoms. The molecule has 0 radical (unpaired) electrons. The van der Waals surface area contributed by atoms with Crippen LogP contribution in [0.15, 0.2) is 18.2 Å². The minimum Gasteiger partial charge on any atom is -0.466 e. The summed E-state index contributed by atoms with van der Waals surface area (Å²) >= 11 is 0. The molecule has 5 heteroatoms. The number of halogens is 1. The Bertz CT molecular complexity index is 554. The van der Waals surface area contributed by atoms with Crippen LogP contribution in [0.4, 0.5) is 4.39 Å². The van der Waals surface area contributed by atoms with Gasteiger partial charge < -0.3 is 4.74 Å². The quantitative estimate of drug-likeness (QED) is 0.799. The van der Waals surface area contributed by atoms with E-state index >= 15 is 0 Å². The molecule has 1 aromatic rings. The van der Waals surface area contributed by atoms with E-state index in [9.17, 15) is 9.18 Å². The number of likely N-dealkylation sites (tertiary alicyclic amines) is 1. The van der Waals surface area contributed by atoms with Gasteiger partial charge in [0.2, 0.25) is 0 Å². The van der Waals surface area contributed by atoms with Gasteiger partial charge in [0.15, 0.2) is 0 Å². The number of nitriles is 1. The fourth-order valence-corrected chi connectivity index (χ4v) is 2.68. The van der Waals surface area contributed by atoms with Gasteiger partial charge in [-0.2, -0.15) is 5.26 Å². The van der Waals surface area contributed by atoms with E-state index in [2.05, 4.69) is 0 Å². The molecular weight excluding hydrogens is 271 g/mol. The largest absolute Gasteiger partial charge is 0.466 e. The third-order valence-corrected chi connectivity index (χ3v) is 3.72. The third-order valence-electron chi connectivity index (χ3n) is 3.72. The van der Waals surface area contributed by atoms with Gasteiger partial charge in [-0.15, -0.1) is 0 Å². The van der Waals surface area contributed by atoms with Crippen molar-refractivity contribution in [3.05, 3.63) is 35.1 Å². The van der Waals surface area contributed by atoms with Crippen LogP contribution in [0.2, 0.25) is 0 Å². The maximum Gasteiger partial charge on any atom is 0.310 e. The molecule has 0 aromatic heterocycles. The van der Waals surface area contributed by atoms with E-state index in [0.717, 1.165) is 19.4 Å². The molecule has 4 nitrogen and oxygen atoms in total. The summed E-state index contributed by atoms with van der Waals surface area (Å²) in [5.74, 6) is -0.771. The highest BCUT2D eigenvalue weighted by Gasteiger charge is 2.27. The van der Waals surface area contributed by atoms with E-state index in [1.54, 1.807) is 19.1 Å². The van der Waals surface area contributed by atoms with Crippen molar-refractivity contribution in [3.8, 4) is 6.07 Å². The number of nitrogens with zero attached hydrogens (tertiary/aromatic N) is 2. The Morgan fingerprint density at radius 1 is 1.57 bits per heavy atom. The molecule has 1 saturated heterocycles. The van der Waals surface area contributed by atoms with Crippen molar-refractivity contribution in [1.29, 1.82) is 5.26 Å². The zero-order valence-electron chi connectivity index (χ0n) is 12.1. The third kappa shape index (κ3) is 3.79. The SMILES string of the molecule is CCOC(=O)C1CCCN(Cc2cccc(C#N)c2F)C1.